The Kier molecular flexibility index (Phi) is 4.50. The van der Waals surface area contributed by atoms with E-state index in [1.165, 1.54) is 5.56 Å². The Balaban J connectivity index is 2.35. The molecule has 1 unspecified atom stereocenters. The first-order valence-corrected chi connectivity index (χ1v) is 4.59. The summed E-state index contributed by atoms with van der Waals surface area (Å²) in [7, 11) is 0. The molecular formula is C11H16O2. The summed E-state index contributed by atoms with van der Waals surface area (Å²) in [6.45, 7) is 5.04. The van der Waals surface area contributed by atoms with E-state index in [4.69, 9.17) is 9.47 Å². The smallest absolute Gasteiger partial charge is 0.147 e. The van der Waals surface area contributed by atoms with Crippen LogP contribution in [0.4, 0.5) is 0 Å². The van der Waals surface area contributed by atoms with E-state index in [2.05, 4.69) is 12.1 Å². The molecule has 0 aliphatic rings. The highest BCUT2D eigenvalue weighted by atomic mass is 16.7. The molecule has 0 saturated carbocycles. The highest BCUT2D eigenvalue weighted by Crippen LogP contribution is 2.15. The van der Waals surface area contributed by atoms with E-state index in [0.29, 0.717) is 13.4 Å². The molecule has 1 aromatic rings. The van der Waals surface area contributed by atoms with Crippen LogP contribution < -0.4 is 0 Å². The van der Waals surface area contributed by atoms with Gasteiger partial charge in [-0.2, -0.15) is 0 Å². The average molecular weight is 180 g/mol. The molecule has 0 saturated heterocycles. The molecule has 0 heterocycles. The third-order valence-corrected chi connectivity index (χ3v) is 1.87. The van der Waals surface area contributed by atoms with Gasteiger partial charge in [0.2, 0.25) is 0 Å². The predicted octanol–water partition coefficient (Wildman–Crippen LogP) is 2.76. The van der Waals surface area contributed by atoms with Crippen LogP contribution in [0.15, 0.2) is 30.3 Å². The number of benzene rings is 1. The van der Waals surface area contributed by atoms with E-state index in [-0.39, 0.29) is 6.10 Å². The van der Waals surface area contributed by atoms with Crippen LogP contribution >= 0.6 is 0 Å². The van der Waals surface area contributed by atoms with Crippen LogP contribution in [0.5, 0.6) is 0 Å². The normalized spacial score (nSPS) is 12.8. The lowest BCUT2D eigenvalue weighted by molar-refractivity contribution is -0.0818. The Hall–Kier alpha value is -0.860. The number of hydrogen-bond donors (Lipinski definition) is 0. The molecule has 0 amide bonds. The summed E-state index contributed by atoms with van der Waals surface area (Å²) in [5, 5.41) is 0. The third-order valence-electron chi connectivity index (χ3n) is 1.87. The van der Waals surface area contributed by atoms with Crippen LogP contribution in [-0.4, -0.2) is 13.4 Å². The summed E-state index contributed by atoms with van der Waals surface area (Å²) >= 11 is 0. The van der Waals surface area contributed by atoms with E-state index >= 15 is 0 Å². The van der Waals surface area contributed by atoms with Crippen molar-refractivity contribution < 1.29 is 9.47 Å². The summed E-state index contributed by atoms with van der Waals surface area (Å²) in [4.78, 5) is 0. The largest absolute Gasteiger partial charge is 0.356 e. The number of hydrogen-bond acceptors (Lipinski definition) is 2. The van der Waals surface area contributed by atoms with Gasteiger partial charge in [-0.25, -0.2) is 0 Å². The molecule has 0 aromatic heterocycles. The van der Waals surface area contributed by atoms with Crippen LogP contribution in [0.2, 0.25) is 0 Å². The van der Waals surface area contributed by atoms with Crippen molar-refractivity contribution in [1.82, 2.24) is 0 Å². The zero-order chi connectivity index (χ0) is 9.52. The second kappa shape index (κ2) is 5.73. The van der Waals surface area contributed by atoms with Gasteiger partial charge in [0.1, 0.15) is 6.79 Å². The standard InChI is InChI=1S/C11H16O2/c1-3-12-9-13-10(2)11-7-5-4-6-8-11/h4-8,10H,3,9H2,1-2H3. The lowest BCUT2D eigenvalue weighted by atomic mass is 10.1. The molecule has 0 bridgehead atoms. The van der Waals surface area contributed by atoms with Crippen LogP contribution in [0.3, 0.4) is 0 Å². The minimum Gasteiger partial charge on any atom is -0.356 e. The highest BCUT2D eigenvalue weighted by Gasteiger charge is 2.03. The molecule has 1 aromatic carbocycles. The molecule has 2 nitrogen and oxygen atoms in total. The molecular weight excluding hydrogens is 164 g/mol. The fourth-order valence-electron chi connectivity index (χ4n) is 1.05. The van der Waals surface area contributed by atoms with E-state index < -0.39 is 0 Å². The van der Waals surface area contributed by atoms with Crippen molar-refractivity contribution in [3.63, 3.8) is 0 Å². The number of ether oxygens (including phenoxy) is 2. The van der Waals surface area contributed by atoms with Gasteiger partial charge in [-0.15, -0.1) is 0 Å². The molecule has 1 atom stereocenters. The third kappa shape index (κ3) is 3.57. The quantitative estimate of drug-likeness (QED) is 0.512. The Morgan fingerprint density at radius 3 is 2.54 bits per heavy atom. The summed E-state index contributed by atoms with van der Waals surface area (Å²) in [5.74, 6) is 0. The van der Waals surface area contributed by atoms with Crippen LogP contribution in [-0.2, 0) is 9.47 Å². The lowest BCUT2D eigenvalue weighted by Crippen LogP contribution is -2.04. The first-order valence-electron chi connectivity index (χ1n) is 4.59. The van der Waals surface area contributed by atoms with Crippen molar-refractivity contribution in [2.45, 2.75) is 20.0 Å². The minimum absolute atomic E-state index is 0.104. The maximum atomic E-state index is 5.45. The lowest BCUT2D eigenvalue weighted by Gasteiger charge is -2.12. The zero-order valence-corrected chi connectivity index (χ0v) is 8.19. The van der Waals surface area contributed by atoms with E-state index in [1.807, 2.05) is 32.0 Å². The van der Waals surface area contributed by atoms with E-state index in [9.17, 15) is 0 Å². The molecule has 72 valence electrons. The van der Waals surface area contributed by atoms with Gasteiger partial charge < -0.3 is 9.47 Å². The fourth-order valence-corrected chi connectivity index (χ4v) is 1.05. The van der Waals surface area contributed by atoms with Gasteiger partial charge >= 0.3 is 0 Å². The summed E-state index contributed by atoms with van der Waals surface area (Å²) < 4.78 is 10.5. The summed E-state index contributed by atoms with van der Waals surface area (Å²) in [6.07, 6.45) is 0.104. The molecule has 0 aliphatic carbocycles. The van der Waals surface area contributed by atoms with E-state index in [0.717, 1.165) is 0 Å². The SMILES string of the molecule is CCOCOC(C)c1ccccc1. The molecule has 0 fully saturated rings. The van der Waals surface area contributed by atoms with Crippen molar-refractivity contribution in [2.75, 3.05) is 13.4 Å². The average Bonchev–Trinajstić information content (AvgIpc) is 2.19. The molecule has 0 N–H and O–H groups in total. The Morgan fingerprint density at radius 1 is 1.23 bits per heavy atom. The van der Waals surface area contributed by atoms with Crippen molar-refractivity contribution >= 4 is 0 Å². The van der Waals surface area contributed by atoms with Crippen LogP contribution in [0.1, 0.15) is 25.5 Å². The maximum Gasteiger partial charge on any atom is 0.147 e. The van der Waals surface area contributed by atoms with Crippen LogP contribution in [0, 0.1) is 0 Å². The first kappa shape index (κ1) is 10.2. The fraction of sp³-hybridized carbons (Fsp3) is 0.455. The molecule has 0 radical (unpaired) electrons. The monoisotopic (exact) mass is 180 g/mol. The molecule has 0 aliphatic heterocycles. The van der Waals surface area contributed by atoms with Gasteiger partial charge in [0.15, 0.2) is 0 Å². The zero-order valence-electron chi connectivity index (χ0n) is 8.19. The van der Waals surface area contributed by atoms with Gasteiger partial charge in [-0.1, -0.05) is 30.3 Å². The second-order valence-corrected chi connectivity index (χ2v) is 2.83. The summed E-state index contributed by atoms with van der Waals surface area (Å²) in [6, 6.07) is 10.1. The minimum atomic E-state index is 0.104. The van der Waals surface area contributed by atoms with Gasteiger partial charge in [0.25, 0.3) is 0 Å². The van der Waals surface area contributed by atoms with E-state index in [1.54, 1.807) is 0 Å². The maximum absolute atomic E-state index is 5.45. The highest BCUT2D eigenvalue weighted by molar-refractivity contribution is 5.16. The Labute approximate surface area is 79.5 Å². The van der Waals surface area contributed by atoms with Gasteiger partial charge in [0.05, 0.1) is 6.10 Å². The molecule has 13 heavy (non-hydrogen) atoms. The van der Waals surface area contributed by atoms with Crippen molar-refractivity contribution in [3.8, 4) is 0 Å². The van der Waals surface area contributed by atoms with Crippen molar-refractivity contribution in [2.24, 2.45) is 0 Å². The molecule has 2 heteroatoms. The van der Waals surface area contributed by atoms with Gasteiger partial charge in [-0.05, 0) is 19.4 Å². The first-order chi connectivity index (χ1) is 6.34. The van der Waals surface area contributed by atoms with Crippen molar-refractivity contribution in [1.29, 1.82) is 0 Å². The van der Waals surface area contributed by atoms with Crippen LogP contribution in [0.25, 0.3) is 0 Å². The number of rotatable bonds is 5. The predicted molar refractivity (Wildman–Crippen MR) is 52.4 cm³/mol. The van der Waals surface area contributed by atoms with Crippen molar-refractivity contribution in [3.05, 3.63) is 35.9 Å². The topological polar surface area (TPSA) is 18.5 Å². The Morgan fingerprint density at radius 2 is 1.92 bits per heavy atom. The second-order valence-electron chi connectivity index (χ2n) is 2.83. The summed E-state index contributed by atoms with van der Waals surface area (Å²) in [5.41, 5.74) is 1.18. The Bertz CT molecular complexity index is 221. The van der Waals surface area contributed by atoms with Gasteiger partial charge in [0, 0.05) is 6.61 Å². The molecule has 0 spiro atoms. The van der Waals surface area contributed by atoms with Gasteiger partial charge in [-0.3, -0.25) is 0 Å². The molecule has 1 rings (SSSR count).